The van der Waals surface area contributed by atoms with Crippen LogP contribution >= 0.6 is 0 Å². The second kappa shape index (κ2) is 17.6. The van der Waals surface area contributed by atoms with Gasteiger partial charge in [-0.2, -0.15) is 4.98 Å². The lowest BCUT2D eigenvalue weighted by atomic mass is 10.1. The Kier molecular flexibility index (Phi) is 12.8. The van der Waals surface area contributed by atoms with Gasteiger partial charge >= 0.3 is 5.97 Å². The van der Waals surface area contributed by atoms with Crippen LogP contribution in [0.2, 0.25) is 0 Å². The van der Waals surface area contributed by atoms with E-state index in [-0.39, 0.29) is 67.1 Å². The summed E-state index contributed by atoms with van der Waals surface area (Å²) in [6, 6.07) is 9.16. The Bertz CT molecular complexity index is 1870. The van der Waals surface area contributed by atoms with Gasteiger partial charge in [0.1, 0.15) is 6.04 Å². The van der Waals surface area contributed by atoms with E-state index in [4.69, 9.17) is 5.73 Å². The first kappa shape index (κ1) is 36.4. The van der Waals surface area contributed by atoms with Gasteiger partial charge in [-0.05, 0) is 48.7 Å². The normalized spacial score (nSPS) is 14.2. The summed E-state index contributed by atoms with van der Waals surface area (Å²) in [7, 11) is 1.85. The van der Waals surface area contributed by atoms with Crippen LogP contribution in [0.3, 0.4) is 0 Å². The van der Waals surface area contributed by atoms with E-state index in [0.717, 1.165) is 12.0 Å². The molecule has 2 atom stereocenters. The Labute approximate surface area is 285 Å². The highest BCUT2D eigenvalue weighted by atomic mass is 16.4. The maximum Gasteiger partial charge on any atom is 0.326 e. The number of amides is 4. The topological polar surface area (TPSA) is 267 Å². The molecule has 8 N–H and O–H groups in total. The van der Waals surface area contributed by atoms with Crippen molar-refractivity contribution in [1.29, 1.82) is 0 Å². The minimum absolute atomic E-state index is 0.0536. The molecular weight excluding hydrogens is 650 g/mol. The van der Waals surface area contributed by atoms with Gasteiger partial charge in [-0.3, -0.25) is 33.9 Å². The number of benzene rings is 1. The molecule has 4 heterocycles. The highest BCUT2D eigenvalue weighted by molar-refractivity contribution is 5.97. The number of pyridine rings is 1. The van der Waals surface area contributed by atoms with Crippen LogP contribution < -0.4 is 32.6 Å². The van der Waals surface area contributed by atoms with E-state index in [2.05, 4.69) is 46.2 Å². The van der Waals surface area contributed by atoms with E-state index in [9.17, 15) is 33.9 Å². The zero-order valence-electron chi connectivity index (χ0n) is 27.1. The number of fused-ring (bicyclic) bond motifs is 1. The number of carboxylic acids is 1. The summed E-state index contributed by atoms with van der Waals surface area (Å²) in [5.74, 6) is -2.10. The van der Waals surface area contributed by atoms with Crippen LogP contribution in [0.15, 0.2) is 59.8 Å². The number of aliphatic carboxylic acids is 1. The van der Waals surface area contributed by atoms with Gasteiger partial charge in [0, 0.05) is 56.6 Å². The monoisotopic (exact) mass is 687 g/mol. The summed E-state index contributed by atoms with van der Waals surface area (Å²) in [6.45, 7) is 0.689. The van der Waals surface area contributed by atoms with Crippen molar-refractivity contribution >= 4 is 52.9 Å². The SMILES string of the molecule is CN1C(=O)CCC1c1cccnc1.Nc1nc2ncc(CNc3ccc(C(=O)NC(CCC(=O)NCCNC=O)C(=O)O)cc3)nc2c(=O)[nH]1. The zero-order chi connectivity index (χ0) is 36.0. The summed E-state index contributed by atoms with van der Waals surface area (Å²) in [4.78, 5) is 89.7. The fourth-order valence-electron chi connectivity index (χ4n) is 4.95. The van der Waals surface area contributed by atoms with Gasteiger partial charge in [0.25, 0.3) is 11.5 Å². The Morgan fingerprint density at radius 1 is 1.12 bits per heavy atom. The van der Waals surface area contributed by atoms with Gasteiger partial charge in [-0.25, -0.2) is 14.8 Å². The number of H-pyrrole nitrogens is 1. The predicted octanol–water partition coefficient (Wildman–Crippen LogP) is 0.108. The minimum atomic E-state index is -1.27. The molecule has 50 heavy (non-hydrogen) atoms. The van der Waals surface area contributed by atoms with E-state index < -0.39 is 29.4 Å². The predicted molar refractivity (Wildman–Crippen MR) is 180 cm³/mol. The van der Waals surface area contributed by atoms with Gasteiger partial charge in [0.15, 0.2) is 11.2 Å². The van der Waals surface area contributed by atoms with E-state index in [0.29, 0.717) is 24.2 Å². The summed E-state index contributed by atoms with van der Waals surface area (Å²) in [5, 5.41) is 19.8. The molecule has 0 spiro atoms. The molecular formula is C32H37N11O7. The third-order valence-corrected chi connectivity index (χ3v) is 7.61. The molecule has 0 bridgehead atoms. The van der Waals surface area contributed by atoms with Crippen LogP contribution in [0.4, 0.5) is 11.6 Å². The first-order chi connectivity index (χ1) is 24.0. The summed E-state index contributed by atoms with van der Waals surface area (Å²) in [6.07, 6.45) is 6.90. The summed E-state index contributed by atoms with van der Waals surface area (Å²) >= 11 is 0. The Balaban J connectivity index is 0.000000358. The van der Waals surface area contributed by atoms with Crippen LogP contribution in [0, 0.1) is 0 Å². The van der Waals surface area contributed by atoms with E-state index in [1.54, 1.807) is 23.2 Å². The number of aromatic amines is 1. The molecule has 1 aromatic carbocycles. The number of carbonyl (C=O) groups is 5. The lowest BCUT2D eigenvalue weighted by Crippen LogP contribution is -2.42. The van der Waals surface area contributed by atoms with Crippen LogP contribution in [-0.4, -0.2) is 91.2 Å². The number of hydrogen-bond donors (Lipinski definition) is 7. The molecule has 1 saturated heterocycles. The number of nitrogens with zero attached hydrogens (tertiary/aromatic N) is 5. The van der Waals surface area contributed by atoms with Crippen LogP contribution in [0.5, 0.6) is 0 Å². The van der Waals surface area contributed by atoms with Crippen molar-refractivity contribution in [2.45, 2.75) is 44.3 Å². The van der Waals surface area contributed by atoms with Crippen LogP contribution in [0.25, 0.3) is 11.2 Å². The Hall–Kier alpha value is -6.46. The number of hydrogen-bond acceptors (Lipinski definition) is 12. The average molecular weight is 688 g/mol. The van der Waals surface area contributed by atoms with Gasteiger partial charge in [-0.15, -0.1) is 0 Å². The van der Waals surface area contributed by atoms with E-state index in [1.165, 1.54) is 18.3 Å². The van der Waals surface area contributed by atoms with Crippen molar-refractivity contribution in [2.75, 3.05) is 31.2 Å². The summed E-state index contributed by atoms with van der Waals surface area (Å²) in [5.41, 5.74) is 7.65. The Morgan fingerprint density at radius 2 is 1.90 bits per heavy atom. The molecule has 3 aromatic heterocycles. The van der Waals surface area contributed by atoms with Crippen molar-refractivity contribution in [3.05, 3.63) is 82.2 Å². The summed E-state index contributed by atoms with van der Waals surface area (Å²) < 4.78 is 0. The van der Waals surface area contributed by atoms with Gasteiger partial charge < -0.3 is 37.0 Å². The quantitative estimate of drug-likeness (QED) is 0.0686. The molecule has 2 unspecified atom stereocenters. The highest BCUT2D eigenvalue weighted by Gasteiger charge is 2.28. The fourth-order valence-corrected chi connectivity index (χ4v) is 4.95. The van der Waals surface area contributed by atoms with Gasteiger partial charge in [-0.1, -0.05) is 6.07 Å². The van der Waals surface area contributed by atoms with Crippen molar-refractivity contribution in [1.82, 2.24) is 45.8 Å². The maximum atomic E-state index is 12.5. The molecule has 0 saturated carbocycles. The molecule has 0 aliphatic carbocycles. The number of aromatic nitrogens is 5. The smallest absolute Gasteiger partial charge is 0.326 e. The number of carboxylic acid groups (broad SMARTS) is 1. The van der Waals surface area contributed by atoms with Crippen LogP contribution in [0.1, 0.15) is 53.3 Å². The number of rotatable bonds is 14. The molecule has 1 fully saturated rings. The van der Waals surface area contributed by atoms with E-state index >= 15 is 0 Å². The lowest BCUT2D eigenvalue weighted by molar-refractivity contribution is -0.139. The third-order valence-electron chi connectivity index (χ3n) is 7.61. The van der Waals surface area contributed by atoms with Gasteiger partial charge in [0.2, 0.25) is 24.2 Å². The molecule has 1 aliphatic rings. The molecule has 5 rings (SSSR count). The first-order valence-electron chi connectivity index (χ1n) is 15.5. The molecule has 18 heteroatoms. The Morgan fingerprint density at radius 3 is 2.56 bits per heavy atom. The lowest BCUT2D eigenvalue weighted by Gasteiger charge is -2.19. The number of carbonyl (C=O) groups excluding carboxylic acids is 4. The maximum absolute atomic E-state index is 12.5. The fraction of sp³-hybridized carbons (Fsp3) is 0.312. The number of nitrogen functional groups attached to an aromatic ring is 1. The van der Waals surface area contributed by atoms with E-state index in [1.807, 2.05) is 25.4 Å². The molecule has 18 nitrogen and oxygen atoms in total. The first-order valence-corrected chi connectivity index (χ1v) is 15.5. The second-order valence-electron chi connectivity index (χ2n) is 11.1. The zero-order valence-corrected chi connectivity index (χ0v) is 27.1. The second-order valence-corrected chi connectivity index (χ2v) is 11.1. The minimum Gasteiger partial charge on any atom is -0.480 e. The van der Waals surface area contributed by atoms with Crippen molar-refractivity contribution in [3.8, 4) is 0 Å². The largest absolute Gasteiger partial charge is 0.480 e. The molecule has 1 aliphatic heterocycles. The van der Waals surface area contributed by atoms with Crippen molar-refractivity contribution < 1.29 is 29.1 Å². The molecule has 262 valence electrons. The number of likely N-dealkylation sites (tertiary alicyclic amines) is 1. The number of nitrogens with two attached hydrogens (primary N) is 1. The van der Waals surface area contributed by atoms with Crippen LogP contribution in [-0.2, 0) is 25.7 Å². The number of anilines is 2. The third kappa shape index (κ3) is 10.3. The molecule has 4 amide bonds. The van der Waals surface area contributed by atoms with Crippen molar-refractivity contribution in [2.24, 2.45) is 0 Å². The van der Waals surface area contributed by atoms with Crippen molar-refractivity contribution in [3.63, 3.8) is 0 Å². The standard InChI is InChI=1S/C22H25N9O6.C10H12N2O/c23-22-30-18-17(20(35)31-22)28-14(10-27-18)9-26-13-3-1-12(2-4-13)19(34)29-15(21(36)37)5-6-16(33)25-8-7-24-11-32;1-12-9(4-5-10(12)13)8-3-2-6-11-7-8/h1-4,10-11,15,26H,5-9H2,(H,24,32)(H,25,33)(H,29,34)(H,36,37)(H3,23,27,30,31,35);2-3,6-7,9H,4-5H2,1H3. The number of nitrogens with one attached hydrogen (secondary N) is 5. The highest BCUT2D eigenvalue weighted by Crippen LogP contribution is 2.30. The van der Waals surface area contributed by atoms with Gasteiger partial charge in [0.05, 0.1) is 24.5 Å². The average Bonchev–Trinajstić information content (AvgIpc) is 3.45. The molecule has 0 radical (unpaired) electrons. The molecule has 4 aromatic rings.